The lowest BCUT2D eigenvalue weighted by atomic mass is 10.3. The molecule has 0 aliphatic rings. The van der Waals surface area contributed by atoms with E-state index in [2.05, 4.69) is 10.3 Å². The molecule has 2 aromatic heterocycles. The van der Waals surface area contributed by atoms with Crippen LogP contribution in [0.5, 0.6) is 0 Å². The number of nitrogens with zero attached hydrogens (tertiary/aromatic N) is 2. The zero-order valence-electron chi connectivity index (χ0n) is 10.6. The molecule has 8 heteroatoms. The number of carboxylic acids is 1. The van der Waals surface area contributed by atoms with Crippen molar-refractivity contribution in [1.29, 1.82) is 5.26 Å². The average Bonchev–Trinajstić information content (AvgIpc) is 2.92. The highest BCUT2D eigenvalue weighted by molar-refractivity contribution is 8.00. The lowest BCUT2D eigenvalue weighted by Crippen LogP contribution is -2.14. The van der Waals surface area contributed by atoms with E-state index in [9.17, 15) is 9.59 Å². The molecular weight excluding hydrogens is 310 g/mol. The molecule has 0 unspecified atom stereocenters. The summed E-state index contributed by atoms with van der Waals surface area (Å²) in [5, 5.41) is 23.0. The number of nitrogens with one attached hydrogen (secondary N) is 1. The molecule has 0 fully saturated rings. The summed E-state index contributed by atoms with van der Waals surface area (Å²) in [5.74, 6) is -1.39. The summed E-state index contributed by atoms with van der Waals surface area (Å²) in [6, 6.07) is 6.56. The first-order valence-corrected chi connectivity index (χ1v) is 7.57. The smallest absolute Gasteiger partial charge is 0.338 e. The number of aromatic carboxylic acids is 1. The van der Waals surface area contributed by atoms with E-state index < -0.39 is 5.97 Å². The second kappa shape index (κ2) is 6.88. The Kier molecular flexibility index (Phi) is 4.92. The highest BCUT2D eigenvalue weighted by Gasteiger charge is 2.14. The van der Waals surface area contributed by atoms with Gasteiger partial charge in [0.15, 0.2) is 0 Å². The number of carboxylic acid groups (broad SMARTS) is 1. The van der Waals surface area contributed by atoms with Crippen LogP contribution in [0.2, 0.25) is 0 Å². The number of hydrogen-bond acceptors (Lipinski definition) is 6. The van der Waals surface area contributed by atoms with Gasteiger partial charge < -0.3 is 10.4 Å². The van der Waals surface area contributed by atoms with Crippen molar-refractivity contribution in [1.82, 2.24) is 4.98 Å². The third kappa shape index (κ3) is 3.81. The van der Waals surface area contributed by atoms with Crippen LogP contribution in [-0.4, -0.2) is 27.7 Å². The van der Waals surface area contributed by atoms with Crippen LogP contribution in [0.25, 0.3) is 0 Å². The number of amides is 1. The molecule has 0 saturated carbocycles. The van der Waals surface area contributed by atoms with E-state index in [0.29, 0.717) is 10.6 Å². The fraction of sp³-hybridized carbons (Fsp3) is 0.0769. The van der Waals surface area contributed by atoms with Crippen molar-refractivity contribution in [3.63, 3.8) is 0 Å². The van der Waals surface area contributed by atoms with Crippen LogP contribution in [0.1, 0.15) is 15.9 Å². The summed E-state index contributed by atoms with van der Waals surface area (Å²) in [5.41, 5.74) is 0.464. The van der Waals surface area contributed by atoms with Crippen molar-refractivity contribution in [3.8, 4) is 6.07 Å². The molecule has 0 spiro atoms. The number of carbonyl (C=O) groups excluding carboxylic acids is 1. The molecule has 21 heavy (non-hydrogen) atoms. The van der Waals surface area contributed by atoms with Gasteiger partial charge in [-0.25, -0.2) is 9.78 Å². The Bertz CT molecular complexity index is 721. The fourth-order valence-electron chi connectivity index (χ4n) is 1.46. The molecule has 106 valence electrons. The van der Waals surface area contributed by atoms with Crippen LogP contribution >= 0.6 is 23.1 Å². The summed E-state index contributed by atoms with van der Waals surface area (Å²) in [6.07, 6.45) is 1.47. The number of carbonyl (C=O) groups is 2. The maximum atomic E-state index is 11.8. The second-order valence-electron chi connectivity index (χ2n) is 3.77. The van der Waals surface area contributed by atoms with E-state index in [-0.39, 0.29) is 22.2 Å². The molecule has 2 aromatic rings. The van der Waals surface area contributed by atoms with Gasteiger partial charge in [0.25, 0.3) is 0 Å². The number of thiophene rings is 1. The number of rotatable bonds is 5. The Labute approximate surface area is 128 Å². The summed E-state index contributed by atoms with van der Waals surface area (Å²) in [4.78, 5) is 26.8. The number of hydrogen-bond donors (Lipinski definition) is 2. The van der Waals surface area contributed by atoms with Gasteiger partial charge >= 0.3 is 5.97 Å². The minimum Gasteiger partial charge on any atom is -0.478 e. The number of thioether (sulfide) groups is 1. The minimum atomic E-state index is -1.09. The first-order chi connectivity index (χ1) is 10.1. The average molecular weight is 319 g/mol. The van der Waals surface area contributed by atoms with Crippen LogP contribution in [0.3, 0.4) is 0 Å². The zero-order chi connectivity index (χ0) is 15.2. The van der Waals surface area contributed by atoms with Gasteiger partial charge in [-0.3, -0.25) is 4.79 Å². The number of aromatic nitrogens is 1. The Morgan fingerprint density at radius 3 is 3.00 bits per heavy atom. The Hall–Kier alpha value is -2.37. The third-order valence-electron chi connectivity index (χ3n) is 2.38. The SMILES string of the molecule is N#Cc1ccsc1NC(=O)CSc1ncccc1C(=O)O. The highest BCUT2D eigenvalue weighted by atomic mass is 32.2. The molecule has 0 bridgehead atoms. The monoisotopic (exact) mass is 319 g/mol. The lowest BCUT2D eigenvalue weighted by molar-refractivity contribution is -0.113. The Morgan fingerprint density at radius 1 is 1.48 bits per heavy atom. The van der Waals surface area contributed by atoms with E-state index in [1.807, 2.05) is 6.07 Å². The normalized spacial score (nSPS) is 9.86. The van der Waals surface area contributed by atoms with Gasteiger partial charge in [-0.15, -0.1) is 11.3 Å². The summed E-state index contributed by atoms with van der Waals surface area (Å²) >= 11 is 2.30. The first-order valence-electron chi connectivity index (χ1n) is 5.70. The van der Waals surface area contributed by atoms with E-state index in [4.69, 9.17) is 10.4 Å². The maximum Gasteiger partial charge on any atom is 0.338 e. The van der Waals surface area contributed by atoms with Gasteiger partial charge in [0.1, 0.15) is 16.1 Å². The largest absolute Gasteiger partial charge is 0.478 e. The minimum absolute atomic E-state index is 0.0140. The molecule has 0 aliphatic carbocycles. The van der Waals surface area contributed by atoms with Crippen LogP contribution in [0.4, 0.5) is 5.00 Å². The van der Waals surface area contributed by atoms with Gasteiger partial charge in [0.2, 0.25) is 5.91 Å². The van der Waals surface area contributed by atoms with Crippen molar-refractivity contribution in [2.24, 2.45) is 0 Å². The van der Waals surface area contributed by atoms with E-state index in [1.165, 1.54) is 29.7 Å². The van der Waals surface area contributed by atoms with Gasteiger partial charge in [-0.1, -0.05) is 11.8 Å². The quantitative estimate of drug-likeness (QED) is 0.820. The Morgan fingerprint density at radius 2 is 2.29 bits per heavy atom. The highest BCUT2D eigenvalue weighted by Crippen LogP contribution is 2.24. The van der Waals surface area contributed by atoms with Crippen molar-refractivity contribution >= 4 is 40.0 Å². The summed E-state index contributed by atoms with van der Waals surface area (Å²) in [6.45, 7) is 0. The number of pyridine rings is 1. The predicted octanol–water partition coefficient (Wildman–Crippen LogP) is 2.44. The summed E-state index contributed by atoms with van der Waals surface area (Å²) < 4.78 is 0. The molecule has 2 heterocycles. The molecule has 0 radical (unpaired) electrons. The molecule has 0 aromatic carbocycles. The van der Waals surface area contributed by atoms with Crippen LogP contribution in [0.15, 0.2) is 34.8 Å². The molecule has 0 aliphatic heterocycles. The van der Waals surface area contributed by atoms with Crippen LogP contribution in [-0.2, 0) is 4.79 Å². The molecule has 2 rings (SSSR count). The van der Waals surface area contributed by atoms with Crippen molar-refractivity contribution in [3.05, 3.63) is 40.9 Å². The second-order valence-corrected chi connectivity index (χ2v) is 5.65. The van der Waals surface area contributed by atoms with Crippen molar-refractivity contribution < 1.29 is 14.7 Å². The fourth-order valence-corrected chi connectivity index (χ4v) is 3.00. The van der Waals surface area contributed by atoms with Crippen molar-refractivity contribution in [2.75, 3.05) is 11.1 Å². The van der Waals surface area contributed by atoms with Gasteiger partial charge in [-0.2, -0.15) is 5.26 Å². The zero-order valence-corrected chi connectivity index (χ0v) is 12.2. The maximum absolute atomic E-state index is 11.8. The van der Waals surface area contributed by atoms with E-state index in [1.54, 1.807) is 11.4 Å². The van der Waals surface area contributed by atoms with Crippen LogP contribution in [0, 0.1) is 11.3 Å². The predicted molar refractivity (Wildman–Crippen MR) is 79.6 cm³/mol. The van der Waals surface area contributed by atoms with Crippen molar-refractivity contribution in [2.45, 2.75) is 5.03 Å². The number of nitriles is 1. The van der Waals surface area contributed by atoms with Gasteiger partial charge in [0.05, 0.1) is 16.9 Å². The third-order valence-corrected chi connectivity index (χ3v) is 4.22. The molecule has 0 atom stereocenters. The topological polar surface area (TPSA) is 103 Å². The molecule has 6 nitrogen and oxygen atoms in total. The van der Waals surface area contributed by atoms with Crippen LogP contribution < -0.4 is 5.32 Å². The summed E-state index contributed by atoms with van der Waals surface area (Å²) in [7, 11) is 0. The molecule has 2 N–H and O–H groups in total. The van der Waals surface area contributed by atoms with E-state index >= 15 is 0 Å². The Balaban J connectivity index is 1.99. The van der Waals surface area contributed by atoms with Gasteiger partial charge in [0, 0.05) is 6.20 Å². The first kappa shape index (κ1) is 15.0. The molecule has 1 amide bonds. The standard InChI is InChI=1S/C13H9N3O3S2/c14-6-8-3-5-20-11(8)16-10(17)7-21-12-9(13(18)19)2-1-4-15-12/h1-5H,7H2,(H,16,17)(H,18,19). The molecular formula is C13H9N3O3S2. The number of anilines is 1. The molecule has 0 saturated heterocycles. The van der Waals surface area contributed by atoms with Gasteiger partial charge in [-0.05, 0) is 23.6 Å². The van der Waals surface area contributed by atoms with E-state index in [0.717, 1.165) is 11.8 Å². The lowest BCUT2D eigenvalue weighted by Gasteiger charge is -2.05.